The Labute approximate surface area is 186 Å². The molecule has 3 amide bonds. The maximum absolute atomic E-state index is 13.6. The van der Waals surface area contributed by atoms with Crippen molar-refractivity contribution in [1.82, 2.24) is 15.5 Å². The SMILES string of the molecule is C=C(NCc1cccc(N)c1C(=O)N(C(C)C)C1CCC(=O)NC1=O)c1cccc(F)c1. The smallest absolute Gasteiger partial charge is 0.257 e. The average Bonchev–Trinajstić information content (AvgIpc) is 2.73. The Morgan fingerprint density at radius 1 is 1.28 bits per heavy atom. The van der Waals surface area contributed by atoms with Crippen molar-refractivity contribution in [1.29, 1.82) is 0 Å². The fraction of sp³-hybridized carbons (Fsp3) is 0.292. The first kappa shape index (κ1) is 23.0. The van der Waals surface area contributed by atoms with Crippen LogP contribution in [0.15, 0.2) is 49.0 Å². The highest BCUT2D eigenvalue weighted by Gasteiger charge is 2.37. The number of nitrogens with zero attached hydrogens (tertiary/aromatic N) is 1. The first-order valence-corrected chi connectivity index (χ1v) is 10.4. The van der Waals surface area contributed by atoms with Gasteiger partial charge in [0.1, 0.15) is 11.9 Å². The highest BCUT2D eigenvalue weighted by Crippen LogP contribution is 2.25. The maximum Gasteiger partial charge on any atom is 0.257 e. The summed E-state index contributed by atoms with van der Waals surface area (Å²) in [6.07, 6.45) is 0.421. The largest absolute Gasteiger partial charge is 0.398 e. The number of carbonyl (C=O) groups excluding carboxylic acids is 3. The molecule has 2 aromatic carbocycles. The third kappa shape index (κ3) is 4.96. The van der Waals surface area contributed by atoms with Gasteiger partial charge in [-0.2, -0.15) is 0 Å². The number of carbonyl (C=O) groups is 3. The molecule has 4 N–H and O–H groups in total. The molecule has 0 spiro atoms. The fourth-order valence-corrected chi connectivity index (χ4v) is 3.82. The third-order valence-corrected chi connectivity index (χ3v) is 5.40. The molecule has 8 heteroatoms. The van der Waals surface area contributed by atoms with E-state index >= 15 is 0 Å². The van der Waals surface area contributed by atoms with Crippen LogP contribution < -0.4 is 16.4 Å². The molecule has 1 fully saturated rings. The van der Waals surface area contributed by atoms with Gasteiger partial charge in [-0.3, -0.25) is 19.7 Å². The second-order valence-electron chi connectivity index (χ2n) is 8.00. The molecule has 0 saturated carbocycles. The second-order valence-corrected chi connectivity index (χ2v) is 8.00. The minimum Gasteiger partial charge on any atom is -0.398 e. The summed E-state index contributed by atoms with van der Waals surface area (Å²) in [5, 5.41) is 5.42. The van der Waals surface area contributed by atoms with Crippen LogP contribution in [0.2, 0.25) is 0 Å². The number of nitrogen functional groups attached to an aromatic ring is 1. The van der Waals surface area contributed by atoms with E-state index in [1.807, 2.05) is 13.8 Å². The summed E-state index contributed by atoms with van der Waals surface area (Å²) in [5.74, 6) is -1.60. The van der Waals surface area contributed by atoms with Crippen LogP contribution in [-0.4, -0.2) is 34.7 Å². The van der Waals surface area contributed by atoms with Gasteiger partial charge in [0, 0.05) is 30.4 Å². The summed E-state index contributed by atoms with van der Waals surface area (Å²) in [7, 11) is 0. The molecule has 1 unspecified atom stereocenters. The molecular weight excluding hydrogens is 411 g/mol. The number of benzene rings is 2. The lowest BCUT2D eigenvalue weighted by Gasteiger charge is -2.36. The van der Waals surface area contributed by atoms with Crippen molar-refractivity contribution < 1.29 is 18.8 Å². The molecule has 0 aromatic heterocycles. The zero-order chi connectivity index (χ0) is 23.4. The highest BCUT2D eigenvalue weighted by atomic mass is 19.1. The zero-order valence-electron chi connectivity index (χ0n) is 18.2. The van der Waals surface area contributed by atoms with Crippen molar-refractivity contribution in [2.24, 2.45) is 0 Å². The average molecular weight is 439 g/mol. The van der Waals surface area contributed by atoms with E-state index in [0.29, 0.717) is 16.8 Å². The van der Waals surface area contributed by atoms with E-state index in [9.17, 15) is 18.8 Å². The van der Waals surface area contributed by atoms with E-state index in [0.717, 1.165) is 0 Å². The van der Waals surface area contributed by atoms with Gasteiger partial charge in [0.25, 0.3) is 5.91 Å². The molecular formula is C24H27FN4O3. The number of piperidine rings is 1. The van der Waals surface area contributed by atoms with Crippen LogP contribution in [0.4, 0.5) is 10.1 Å². The highest BCUT2D eigenvalue weighted by molar-refractivity contribution is 6.06. The van der Waals surface area contributed by atoms with Gasteiger partial charge >= 0.3 is 0 Å². The Kier molecular flexibility index (Phi) is 6.92. The molecule has 1 atom stereocenters. The topological polar surface area (TPSA) is 105 Å². The van der Waals surface area contributed by atoms with E-state index in [1.165, 1.54) is 17.0 Å². The van der Waals surface area contributed by atoms with Gasteiger partial charge in [-0.1, -0.05) is 30.8 Å². The third-order valence-electron chi connectivity index (χ3n) is 5.40. The van der Waals surface area contributed by atoms with Crippen LogP contribution in [0.1, 0.15) is 48.2 Å². The van der Waals surface area contributed by atoms with Gasteiger partial charge in [-0.05, 0) is 49.6 Å². The summed E-state index contributed by atoms with van der Waals surface area (Å²) < 4.78 is 13.5. The molecule has 1 aliphatic heterocycles. The maximum atomic E-state index is 13.6. The van der Waals surface area contributed by atoms with Crippen molar-refractivity contribution in [3.63, 3.8) is 0 Å². The number of imide groups is 1. The predicted octanol–water partition coefficient (Wildman–Crippen LogP) is 2.82. The number of nitrogens with two attached hydrogens (primary N) is 1. The molecule has 2 aromatic rings. The summed E-state index contributed by atoms with van der Waals surface area (Å²) >= 11 is 0. The molecule has 0 aliphatic carbocycles. The van der Waals surface area contributed by atoms with Crippen molar-refractivity contribution in [2.75, 3.05) is 5.73 Å². The van der Waals surface area contributed by atoms with E-state index in [-0.39, 0.29) is 54.3 Å². The monoisotopic (exact) mass is 438 g/mol. The van der Waals surface area contributed by atoms with Crippen LogP contribution in [0, 0.1) is 5.82 Å². The van der Waals surface area contributed by atoms with Gasteiger partial charge in [-0.15, -0.1) is 0 Å². The molecule has 7 nitrogen and oxygen atoms in total. The lowest BCUT2D eigenvalue weighted by molar-refractivity contribution is -0.137. The predicted molar refractivity (Wildman–Crippen MR) is 121 cm³/mol. The van der Waals surface area contributed by atoms with Crippen LogP contribution in [0.3, 0.4) is 0 Å². The van der Waals surface area contributed by atoms with Crippen LogP contribution in [0.5, 0.6) is 0 Å². The number of hydrogen-bond donors (Lipinski definition) is 3. The van der Waals surface area contributed by atoms with Crippen molar-refractivity contribution in [2.45, 2.75) is 45.3 Å². The molecule has 32 heavy (non-hydrogen) atoms. The van der Waals surface area contributed by atoms with Crippen LogP contribution in [-0.2, 0) is 16.1 Å². The minimum atomic E-state index is -0.761. The number of nitrogens with one attached hydrogen (secondary N) is 2. The van der Waals surface area contributed by atoms with Gasteiger partial charge in [0.2, 0.25) is 11.8 Å². The molecule has 3 rings (SSSR count). The molecule has 1 heterocycles. The van der Waals surface area contributed by atoms with Crippen molar-refractivity contribution in [3.05, 3.63) is 71.6 Å². The Hall–Kier alpha value is -3.68. The van der Waals surface area contributed by atoms with Crippen LogP contribution >= 0.6 is 0 Å². The van der Waals surface area contributed by atoms with Gasteiger partial charge < -0.3 is 16.0 Å². The molecule has 0 bridgehead atoms. The number of hydrogen-bond acceptors (Lipinski definition) is 5. The molecule has 168 valence electrons. The Balaban J connectivity index is 1.86. The first-order chi connectivity index (χ1) is 15.2. The van der Waals surface area contributed by atoms with Gasteiger partial charge in [0.05, 0.1) is 5.56 Å². The van der Waals surface area contributed by atoms with Crippen LogP contribution in [0.25, 0.3) is 5.70 Å². The normalized spacial score (nSPS) is 15.9. The Morgan fingerprint density at radius 3 is 2.66 bits per heavy atom. The number of anilines is 1. The number of halogens is 1. The van der Waals surface area contributed by atoms with E-state index in [4.69, 9.17) is 5.73 Å². The van der Waals surface area contributed by atoms with E-state index in [2.05, 4.69) is 17.2 Å². The standard InChI is InChI=1S/C24H27FN4O3/c1-14(2)29(20-10-11-21(30)28-23(20)31)24(32)22-17(7-5-9-19(22)26)13-27-15(3)16-6-4-8-18(25)12-16/h4-9,12,14,20,27H,3,10-11,13,26H2,1-2H3,(H,28,30,31). The van der Waals surface area contributed by atoms with Crippen molar-refractivity contribution >= 4 is 29.1 Å². The van der Waals surface area contributed by atoms with Gasteiger partial charge in [-0.25, -0.2) is 4.39 Å². The lowest BCUT2D eigenvalue weighted by atomic mass is 9.98. The fourth-order valence-electron chi connectivity index (χ4n) is 3.82. The molecule has 1 saturated heterocycles. The number of amides is 3. The lowest BCUT2D eigenvalue weighted by Crippen LogP contribution is -2.56. The summed E-state index contributed by atoms with van der Waals surface area (Å²) in [4.78, 5) is 39.1. The Morgan fingerprint density at radius 2 is 2.00 bits per heavy atom. The Bertz CT molecular complexity index is 1070. The second kappa shape index (κ2) is 9.64. The number of rotatable bonds is 7. The van der Waals surface area contributed by atoms with Gasteiger partial charge in [0.15, 0.2) is 0 Å². The molecule has 1 aliphatic rings. The van der Waals surface area contributed by atoms with E-state index < -0.39 is 11.9 Å². The van der Waals surface area contributed by atoms with E-state index in [1.54, 1.807) is 30.3 Å². The quantitative estimate of drug-likeness (QED) is 0.456. The minimum absolute atomic E-state index is 0.166. The summed E-state index contributed by atoms with van der Waals surface area (Å²) in [6, 6.07) is 10.1. The summed E-state index contributed by atoms with van der Waals surface area (Å²) in [5.41, 5.74) is 8.45. The first-order valence-electron chi connectivity index (χ1n) is 10.4. The van der Waals surface area contributed by atoms with Crippen molar-refractivity contribution in [3.8, 4) is 0 Å². The molecule has 0 radical (unpaired) electrons. The zero-order valence-corrected chi connectivity index (χ0v) is 18.2. The summed E-state index contributed by atoms with van der Waals surface area (Å²) in [6.45, 7) is 7.79.